The van der Waals surface area contributed by atoms with E-state index in [1.54, 1.807) is 0 Å². The van der Waals surface area contributed by atoms with Crippen LogP contribution < -0.4 is 10.6 Å². The van der Waals surface area contributed by atoms with E-state index in [4.69, 9.17) is 14.9 Å². The minimum Gasteiger partial charge on any atom is -0.480 e. The summed E-state index contributed by atoms with van der Waals surface area (Å²) in [5.74, 6) is -2.41. The molecule has 0 aliphatic rings. The molecule has 0 bridgehead atoms. The number of hydrogen-bond donors (Lipinski definition) is 4. The van der Waals surface area contributed by atoms with Gasteiger partial charge in [0.1, 0.15) is 12.1 Å². The number of unbranched alkanes of at least 4 members (excludes halogenated alkanes) is 13. The summed E-state index contributed by atoms with van der Waals surface area (Å²) in [7, 11) is 0. The lowest BCUT2D eigenvalue weighted by atomic mass is 10.0. The molecule has 0 fully saturated rings. The average Bonchev–Trinajstić information content (AvgIpc) is 3.11. The maximum atomic E-state index is 12.5. The molecular weight excluding hydrogens is 644 g/mol. The minimum atomic E-state index is -1.39. The van der Waals surface area contributed by atoms with Gasteiger partial charge in [0, 0.05) is 12.8 Å². The predicted molar refractivity (Wildman–Crippen MR) is 208 cm³/mol. The van der Waals surface area contributed by atoms with Crippen molar-refractivity contribution in [3.05, 3.63) is 48.6 Å². The summed E-state index contributed by atoms with van der Waals surface area (Å²) in [5.41, 5.74) is 0. The molecule has 9 nitrogen and oxygen atoms in total. The standard InChI is InChI=1S/C42H72N2O7/c1-3-5-7-8-9-10-11-12-13-14-15-16-17-18-19-20-21-22-23-24-25-26-30-34-41(48)51-37(31-6-4-2)32-28-27-29-33-39(46)43-35-40(47)44-38(36-45)42(49)50/h5,7,9-10,12-13,15-16,37-38,45H,3-4,6,8,11,14,17-36H2,1-2H3,(H,43,46)(H,44,47)(H,49,50)/b7-5-,10-9-,13-12-,16-15-. The molecule has 0 aliphatic heterocycles. The number of aliphatic hydroxyl groups excluding tert-OH is 1. The van der Waals surface area contributed by atoms with Crippen LogP contribution in [0.1, 0.15) is 168 Å². The molecule has 292 valence electrons. The second kappa shape index (κ2) is 36.6. The van der Waals surface area contributed by atoms with Crippen LogP contribution in [0.15, 0.2) is 48.6 Å². The monoisotopic (exact) mass is 717 g/mol. The number of carboxylic acids is 1. The molecule has 0 aromatic carbocycles. The minimum absolute atomic E-state index is 0.0856. The third kappa shape index (κ3) is 33.7. The van der Waals surface area contributed by atoms with Crippen molar-refractivity contribution in [1.82, 2.24) is 10.6 Å². The molecule has 9 heteroatoms. The fourth-order valence-electron chi connectivity index (χ4n) is 5.51. The van der Waals surface area contributed by atoms with E-state index < -0.39 is 24.5 Å². The van der Waals surface area contributed by atoms with Gasteiger partial charge in [0.25, 0.3) is 0 Å². The molecule has 0 radical (unpaired) electrons. The number of nitrogens with one attached hydrogen (secondary N) is 2. The normalized spacial score (nSPS) is 13.0. The Labute approximate surface area is 309 Å². The first kappa shape index (κ1) is 47.8. The number of carbonyl (C=O) groups is 4. The molecule has 2 atom stereocenters. The first-order chi connectivity index (χ1) is 24.8. The van der Waals surface area contributed by atoms with Crippen molar-refractivity contribution in [2.45, 2.75) is 180 Å². The molecule has 0 saturated carbocycles. The van der Waals surface area contributed by atoms with Crippen molar-refractivity contribution < 1.29 is 34.1 Å². The second-order valence-corrected chi connectivity index (χ2v) is 13.3. The average molecular weight is 717 g/mol. The fourth-order valence-corrected chi connectivity index (χ4v) is 5.51. The van der Waals surface area contributed by atoms with Crippen molar-refractivity contribution in [2.24, 2.45) is 0 Å². The topological polar surface area (TPSA) is 142 Å². The van der Waals surface area contributed by atoms with E-state index in [1.165, 1.54) is 57.8 Å². The highest BCUT2D eigenvalue weighted by atomic mass is 16.5. The molecule has 51 heavy (non-hydrogen) atoms. The SMILES string of the molecule is CC/C=C\C/C=C\C/C=C\C/C=C\CCCCCCCCCCCCC(=O)OC(CCCC)CCCCCC(=O)NCC(=O)NC(CO)C(=O)O. The number of ether oxygens (including phenoxy) is 1. The van der Waals surface area contributed by atoms with Crippen molar-refractivity contribution >= 4 is 23.8 Å². The highest BCUT2D eigenvalue weighted by molar-refractivity contribution is 5.87. The molecule has 0 aromatic rings. The Bertz CT molecular complexity index is 1010. The van der Waals surface area contributed by atoms with Gasteiger partial charge in [0.15, 0.2) is 0 Å². The predicted octanol–water partition coefficient (Wildman–Crippen LogP) is 9.20. The summed E-state index contributed by atoms with van der Waals surface area (Å²) in [6, 6.07) is -1.39. The van der Waals surface area contributed by atoms with Gasteiger partial charge in [-0.2, -0.15) is 0 Å². The zero-order valence-electron chi connectivity index (χ0n) is 32.1. The molecule has 0 saturated heterocycles. The first-order valence-corrected chi connectivity index (χ1v) is 20.0. The number of rotatable bonds is 35. The van der Waals surface area contributed by atoms with Gasteiger partial charge in [0.2, 0.25) is 11.8 Å². The summed E-state index contributed by atoms with van der Waals surface area (Å²) in [6.07, 6.45) is 42.1. The highest BCUT2D eigenvalue weighted by Crippen LogP contribution is 2.17. The van der Waals surface area contributed by atoms with Crippen LogP contribution >= 0.6 is 0 Å². The van der Waals surface area contributed by atoms with Gasteiger partial charge in [-0.1, -0.05) is 133 Å². The quantitative estimate of drug-likeness (QED) is 0.0291. The number of carboxylic acid groups (broad SMARTS) is 1. The van der Waals surface area contributed by atoms with Gasteiger partial charge in [-0.05, 0) is 70.6 Å². The molecular formula is C42H72N2O7. The van der Waals surface area contributed by atoms with Crippen LogP contribution in [0.3, 0.4) is 0 Å². The smallest absolute Gasteiger partial charge is 0.328 e. The summed E-state index contributed by atoms with van der Waals surface area (Å²) < 4.78 is 5.82. The molecule has 2 amide bonds. The zero-order chi connectivity index (χ0) is 37.6. The van der Waals surface area contributed by atoms with E-state index in [-0.39, 0.29) is 30.9 Å². The summed E-state index contributed by atoms with van der Waals surface area (Å²) >= 11 is 0. The van der Waals surface area contributed by atoms with E-state index in [0.29, 0.717) is 12.8 Å². The third-order valence-corrected chi connectivity index (χ3v) is 8.59. The van der Waals surface area contributed by atoms with E-state index in [0.717, 1.165) is 77.0 Å². The summed E-state index contributed by atoms with van der Waals surface area (Å²) in [5, 5.41) is 22.4. The number of hydrogen-bond acceptors (Lipinski definition) is 6. The van der Waals surface area contributed by atoms with Crippen LogP contribution in [0.5, 0.6) is 0 Å². The number of amides is 2. The maximum absolute atomic E-state index is 12.5. The van der Waals surface area contributed by atoms with Gasteiger partial charge >= 0.3 is 11.9 Å². The third-order valence-electron chi connectivity index (χ3n) is 8.59. The Hall–Kier alpha value is -3.20. The van der Waals surface area contributed by atoms with E-state index in [2.05, 4.69) is 73.1 Å². The lowest BCUT2D eigenvalue weighted by molar-refractivity contribution is -0.150. The van der Waals surface area contributed by atoms with Crippen LogP contribution in [0.2, 0.25) is 0 Å². The zero-order valence-corrected chi connectivity index (χ0v) is 32.1. The van der Waals surface area contributed by atoms with Crippen LogP contribution in [-0.4, -0.2) is 59.3 Å². The van der Waals surface area contributed by atoms with E-state index in [9.17, 15) is 19.2 Å². The Kier molecular flexibility index (Phi) is 34.3. The van der Waals surface area contributed by atoms with Gasteiger partial charge in [-0.3, -0.25) is 14.4 Å². The van der Waals surface area contributed by atoms with Gasteiger partial charge in [-0.15, -0.1) is 0 Å². The van der Waals surface area contributed by atoms with Gasteiger partial charge in [-0.25, -0.2) is 4.79 Å². The molecule has 0 aliphatic carbocycles. The Morgan fingerprint density at radius 2 is 1.12 bits per heavy atom. The highest BCUT2D eigenvalue weighted by Gasteiger charge is 2.19. The largest absolute Gasteiger partial charge is 0.480 e. The lowest BCUT2D eigenvalue weighted by Gasteiger charge is -2.18. The van der Waals surface area contributed by atoms with Crippen LogP contribution in [0, 0.1) is 0 Å². The summed E-state index contributed by atoms with van der Waals surface area (Å²) in [6.45, 7) is 3.22. The Balaban J connectivity index is 3.80. The Morgan fingerprint density at radius 3 is 1.69 bits per heavy atom. The van der Waals surface area contributed by atoms with Crippen LogP contribution in [0.25, 0.3) is 0 Å². The fraction of sp³-hybridized carbons (Fsp3) is 0.714. The maximum Gasteiger partial charge on any atom is 0.328 e. The molecule has 0 rings (SSSR count). The Morgan fingerprint density at radius 1 is 0.608 bits per heavy atom. The number of allylic oxidation sites excluding steroid dienone is 8. The summed E-state index contributed by atoms with van der Waals surface area (Å²) in [4.78, 5) is 47.1. The number of esters is 1. The van der Waals surface area contributed by atoms with E-state index in [1.807, 2.05) is 0 Å². The molecule has 2 unspecified atom stereocenters. The first-order valence-electron chi connectivity index (χ1n) is 20.0. The van der Waals surface area contributed by atoms with Crippen LogP contribution in [-0.2, 0) is 23.9 Å². The van der Waals surface area contributed by atoms with Crippen LogP contribution in [0.4, 0.5) is 0 Å². The van der Waals surface area contributed by atoms with Crippen molar-refractivity contribution in [1.29, 1.82) is 0 Å². The molecule has 0 aromatic heterocycles. The molecule has 0 spiro atoms. The van der Waals surface area contributed by atoms with E-state index >= 15 is 0 Å². The lowest BCUT2D eigenvalue weighted by Crippen LogP contribution is -2.47. The van der Waals surface area contributed by atoms with Gasteiger partial charge in [0.05, 0.1) is 13.2 Å². The van der Waals surface area contributed by atoms with Crippen molar-refractivity contribution in [3.8, 4) is 0 Å². The second-order valence-electron chi connectivity index (χ2n) is 13.3. The van der Waals surface area contributed by atoms with Crippen molar-refractivity contribution in [2.75, 3.05) is 13.2 Å². The number of aliphatic carboxylic acids is 1. The van der Waals surface area contributed by atoms with Gasteiger partial charge < -0.3 is 25.6 Å². The number of aliphatic hydroxyl groups is 1. The molecule has 0 heterocycles. The number of carbonyl (C=O) groups excluding carboxylic acids is 3. The van der Waals surface area contributed by atoms with Crippen molar-refractivity contribution in [3.63, 3.8) is 0 Å². The molecule has 4 N–H and O–H groups in total.